The molecule has 0 amide bonds. The monoisotopic (exact) mass is 245 g/mol. The fraction of sp³-hybridized carbons (Fsp3) is 0.455. The number of hydrogen-bond acceptors (Lipinski definition) is 4. The molecule has 1 aliphatic heterocycles. The molecule has 1 heterocycles. The van der Waals surface area contributed by atoms with Gasteiger partial charge in [-0.3, -0.25) is 0 Å². The summed E-state index contributed by atoms with van der Waals surface area (Å²) in [6, 6.07) is 7.43. The third kappa shape index (κ3) is 2.78. The minimum absolute atomic E-state index is 0. The predicted molar refractivity (Wildman–Crippen MR) is 63.6 cm³/mol. The summed E-state index contributed by atoms with van der Waals surface area (Å²) >= 11 is 0. The molecule has 16 heavy (non-hydrogen) atoms. The first kappa shape index (κ1) is 13.1. The van der Waals surface area contributed by atoms with Crippen molar-refractivity contribution in [1.29, 1.82) is 0 Å². The molecule has 0 fully saturated rings. The van der Waals surface area contributed by atoms with Crippen LogP contribution in [0.1, 0.15) is 0 Å². The van der Waals surface area contributed by atoms with Gasteiger partial charge in [0.25, 0.3) is 0 Å². The second-order valence-corrected chi connectivity index (χ2v) is 3.78. The molecule has 1 aromatic carbocycles. The van der Waals surface area contributed by atoms with Crippen molar-refractivity contribution in [2.75, 3.05) is 26.8 Å². The summed E-state index contributed by atoms with van der Waals surface area (Å²) < 4.78 is 11.0. The fourth-order valence-corrected chi connectivity index (χ4v) is 1.59. The van der Waals surface area contributed by atoms with Gasteiger partial charge >= 0.3 is 0 Å². The van der Waals surface area contributed by atoms with E-state index in [0.717, 1.165) is 0 Å². The minimum atomic E-state index is -0.965. The maximum atomic E-state index is 10.1. The second-order valence-electron chi connectivity index (χ2n) is 3.78. The van der Waals surface area contributed by atoms with Crippen molar-refractivity contribution in [3.05, 3.63) is 24.3 Å². The molecule has 2 rings (SSSR count). The number of ether oxygens (including phenoxy) is 2. The highest BCUT2D eigenvalue weighted by Crippen LogP contribution is 2.30. The van der Waals surface area contributed by atoms with Gasteiger partial charge in [-0.05, 0) is 19.2 Å². The number of likely N-dealkylation sites (N-methyl/N-ethyl adjacent to an activating group) is 1. The van der Waals surface area contributed by atoms with Crippen LogP contribution < -0.4 is 14.8 Å². The summed E-state index contributed by atoms with van der Waals surface area (Å²) in [5.41, 5.74) is -0.965. The highest BCUT2D eigenvalue weighted by atomic mass is 35.5. The van der Waals surface area contributed by atoms with Crippen molar-refractivity contribution >= 4 is 12.4 Å². The molecular formula is C11H16ClNO3. The van der Waals surface area contributed by atoms with Gasteiger partial charge < -0.3 is 19.9 Å². The van der Waals surface area contributed by atoms with E-state index < -0.39 is 5.60 Å². The van der Waals surface area contributed by atoms with E-state index in [1.165, 1.54) is 0 Å². The number of para-hydroxylation sites is 2. The predicted octanol–water partition coefficient (Wildman–Crippen LogP) is 0.830. The summed E-state index contributed by atoms with van der Waals surface area (Å²) in [4.78, 5) is 0. The largest absolute Gasteiger partial charge is 0.487 e. The van der Waals surface area contributed by atoms with Crippen LogP contribution in [0.3, 0.4) is 0 Å². The van der Waals surface area contributed by atoms with Crippen LogP contribution in [0.4, 0.5) is 0 Å². The third-order valence-corrected chi connectivity index (χ3v) is 2.35. The van der Waals surface area contributed by atoms with Crippen molar-refractivity contribution in [3.8, 4) is 11.5 Å². The van der Waals surface area contributed by atoms with Gasteiger partial charge in [-0.25, -0.2) is 0 Å². The standard InChI is InChI=1S/C11H15NO3.ClH/c1-12-6-11(13)7-14-9-4-2-3-5-10(9)15-8-11;/h2-5,12-13H,6-8H2,1H3;1H. The van der Waals surface area contributed by atoms with E-state index in [1.807, 2.05) is 24.3 Å². The second kappa shape index (κ2) is 5.39. The SMILES string of the molecule is CNCC1(O)COc2ccccc2OC1.Cl. The Balaban J connectivity index is 0.00000128. The van der Waals surface area contributed by atoms with Crippen molar-refractivity contribution in [1.82, 2.24) is 5.32 Å². The van der Waals surface area contributed by atoms with Crippen LogP contribution in [0.2, 0.25) is 0 Å². The maximum Gasteiger partial charge on any atom is 0.161 e. The summed E-state index contributed by atoms with van der Waals surface area (Å²) in [5, 5.41) is 13.0. The summed E-state index contributed by atoms with van der Waals surface area (Å²) in [5.74, 6) is 1.37. The molecule has 0 atom stereocenters. The van der Waals surface area contributed by atoms with Crippen molar-refractivity contribution in [3.63, 3.8) is 0 Å². The van der Waals surface area contributed by atoms with Gasteiger partial charge in [-0.2, -0.15) is 0 Å². The number of hydrogen-bond donors (Lipinski definition) is 2. The topological polar surface area (TPSA) is 50.7 Å². The Morgan fingerprint density at radius 2 is 1.75 bits per heavy atom. The third-order valence-electron chi connectivity index (χ3n) is 2.35. The Bertz CT molecular complexity index is 319. The first-order valence-electron chi connectivity index (χ1n) is 4.95. The summed E-state index contributed by atoms with van der Waals surface area (Å²) in [6.07, 6.45) is 0. The number of fused-ring (bicyclic) bond motifs is 1. The van der Waals surface area contributed by atoms with E-state index in [2.05, 4.69) is 5.32 Å². The van der Waals surface area contributed by atoms with Crippen LogP contribution in [-0.2, 0) is 0 Å². The lowest BCUT2D eigenvalue weighted by Crippen LogP contribution is -2.48. The lowest BCUT2D eigenvalue weighted by atomic mass is 10.1. The maximum absolute atomic E-state index is 10.1. The zero-order valence-corrected chi connectivity index (χ0v) is 9.92. The smallest absolute Gasteiger partial charge is 0.161 e. The molecule has 0 spiro atoms. The average Bonchev–Trinajstić information content (AvgIpc) is 2.40. The number of halogens is 1. The molecule has 0 aromatic heterocycles. The van der Waals surface area contributed by atoms with Crippen LogP contribution in [0.5, 0.6) is 11.5 Å². The molecular weight excluding hydrogens is 230 g/mol. The number of nitrogens with one attached hydrogen (secondary N) is 1. The van der Waals surface area contributed by atoms with Crippen LogP contribution in [0.25, 0.3) is 0 Å². The minimum Gasteiger partial charge on any atom is -0.487 e. The van der Waals surface area contributed by atoms with E-state index in [1.54, 1.807) is 7.05 Å². The van der Waals surface area contributed by atoms with Crippen LogP contribution >= 0.6 is 12.4 Å². The molecule has 0 radical (unpaired) electrons. The van der Waals surface area contributed by atoms with Gasteiger partial charge in [-0.1, -0.05) is 12.1 Å². The highest BCUT2D eigenvalue weighted by Gasteiger charge is 2.31. The molecule has 0 saturated carbocycles. The van der Waals surface area contributed by atoms with Gasteiger partial charge in [0.2, 0.25) is 0 Å². The van der Waals surface area contributed by atoms with Gasteiger partial charge in [0.05, 0.1) is 0 Å². The van der Waals surface area contributed by atoms with Crippen molar-refractivity contribution in [2.24, 2.45) is 0 Å². The summed E-state index contributed by atoms with van der Waals surface area (Å²) in [7, 11) is 1.79. The molecule has 2 N–H and O–H groups in total. The van der Waals surface area contributed by atoms with Gasteiger partial charge in [0, 0.05) is 6.54 Å². The molecule has 1 aromatic rings. The van der Waals surface area contributed by atoms with Crippen LogP contribution in [0, 0.1) is 0 Å². The van der Waals surface area contributed by atoms with Crippen molar-refractivity contribution < 1.29 is 14.6 Å². The van der Waals surface area contributed by atoms with Gasteiger partial charge in [0.15, 0.2) is 11.5 Å². The Morgan fingerprint density at radius 1 is 1.25 bits per heavy atom. The summed E-state index contributed by atoms with van der Waals surface area (Å²) in [6.45, 7) is 0.927. The van der Waals surface area contributed by atoms with Crippen LogP contribution in [0.15, 0.2) is 24.3 Å². The Labute approximate surface area is 101 Å². The normalized spacial score (nSPS) is 17.1. The van der Waals surface area contributed by atoms with Crippen LogP contribution in [-0.4, -0.2) is 37.5 Å². The Hall–Kier alpha value is -0.970. The molecule has 1 aliphatic rings. The zero-order valence-electron chi connectivity index (χ0n) is 9.10. The quantitative estimate of drug-likeness (QED) is 0.811. The van der Waals surface area contributed by atoms with E-state index in [4.69, 9.17) is 9.47 Å². The van der Waals surface area contributed by atoms with Gasteiger partial charge in [-0.15, -0.1) is 12.4 Å². The van der Waals surface area contributed by atoms with E-state index in [0.29, 0.717) is 18.0 Å². The zero-order chi connectivity index (χ0) is 10.7. The Morgan fingerprint density at radius 3 is 2.19 bits per heavy atom. The number of aliphatic hydroxyl groups is 1. The van der Waals surface area contributed by atoms with Gasteiger partial charge in [0.1, 0.15) is 18.8 Å². The lowest BCUT2D eigenvalue weighted by Gasteiger charge is -2.24. The average molecular weight is 246 g/mol. The van der Waals surface area contributed by atoms with E-state index >= 15 is 0 Å². The number of rotatable bonds is 2. The molecule has 5 heteroatoms. The fourth-order valence-electron chi connectivity index (χ4n) is 1.59. The Kier molecular flexibility index (Phi) is 4.41. The lowest BCUT2D eigenvalue weighted by molar-refractivity contribution is -0.0253. The highest BCUT2D eigenvalue weighted by molar-refractivity contribution is 5.85. The first-order chi connectivity index (χ1) is 7.23. The molecule has 0 saturated heterocycles. The molecule has 4 nitrogen and oxygen atoms in total. The molecule has 0 aliphatic carbocycles. The first-order valence-corrected chi connectivity index (χ1v) is 4.95. The molecule has 90 valence electrons. The molecule has 0 bridgehead atoms. The molecule has 0 unspecified atom stereocenters. The van der Waals surface area contributed by atoms with Crippen molar-refractivity contribution in [2.45, 2.75) is 5.60 Å². The van der Waals surface area contributed by atoms with E-state index in [-0.39, 0.29) is 25.6 Å². The number of benzene rings is 1. The van der Waals surface area contributed by atoms with E-state index in [9.17, 15) is 5.11 Å².